The predicted molar refractivity (Wildman–Crippen MR) is 58.7 cm³/mol. The zero-order valence-electron chi connectivity index (χ0n) is 9.48. The minimum absolute atomic E-state index is 0.0496. The summed E-state index contributed by atoms with van der Waals surface area (Å²) in [6.07, 6.45) is -5.16. The molecule has 0 radical (unpaired) electrons. The normalized spacial score (nSPS) is 11.9. The molecule has 0 unspecified atom stereocenters. The van der Waals surface area contributed by atoms with Crippen molar-refractivity contribution in [1.29, 1.82) is 0 Å². The van der Waals surface area contributed by atoms with Gasteiger partial charge in [-0.1, -0.05) is 0 Å². The summed E-state index contributed by atoms with van der Waals surface area (Å²) < 4.78 is 39.2. The number of aliphatic carboxylic acids is 1. The van der Waals surface area contributed by atoms with Crippen LogP contribution in [-0.4, -0.2) is 25.7 Å². The fourth-order valence-electron chi connectivity index (χ4n) is 1.76. The van der Waals surface area contributed by atoms with E-state index < -0.39 is 24.4 Å². The molecule has 0 spiro atoms. The van der Waals surface area contributed by atoms with Gasteiger partial charge in [-0.25, -0.2) is 4.98 Å². The Morgan fingerprint density at radius 3 is 2.63 bits per heavy atom. The molecule has 1 aromatic heterocycles. The molecular formula is C11H9F3N2O3. The van der Waals surface area contributed by atoms with Crippen LogP contribution in [0.3, 0.4) is 0 Å². The maximum absolute atomic E-state index is 12.8. The van der Waals surface area contributed by atoms with E-state index in [1.807, 2.05) is 0 Å². The third kappa shape index (κ3) is 2.61. The lowest BCUT2D eigenvalue weighted by Crippen LogP contribution is -2.16. The molecule has 0 aliphatic carbocycles. The number of rotatable bonds is 3. The van der Waals surface area contributed by atoms with Crippen molar-refractivity contribution >= 4 is 17.0 Å². The number of phenols is 1. The Kier molecular flexibility index (Phi) is 3.09. The summed E-state index contributed by atoms with van der Waals surface area (Å²) in [5, 5.41) is 17.9. The highest BCUT2D eigenvalue weighted by Crippen LogP contribution is 2.32. The number of carboxylic acid groups (broad SMARTS) is 1. The number of hydrogen-bond donors (Lipinski definition) is 2. The first kappa shape index (κ1) is 13.2. The molecule has 0 atom stereocenters. The van der Waals surface area contributed by atoms with E-state index in [1.54, 1.807) is 0 Å². The van der Waals surface area contributed by atoms with Crippen molar-refractivity contribution in [2.45, 2.75) is 19.1 Å². The van der Waals surface area contributed by atoms with Crippen LogP contribution < -0.4 is 0 Å². The second-order valence-corrected chi connectivity index (χ2v) is 3.90. The zero-order chi connectivity index (χ0) is 14.2. The minimum atomic E-state index is -4.69. The van der Waals surface area contributed by atoms with Gasteiger partial charge in [-0.15, -0.1) is 0 Å². The van der Waals surface area contributed by atoms with Gasteiger partial charge in [-0.05, 0) is 12.1 Å². The van der Waals surface area contributed by atoms with Crippen LogP contribution in [0.2, 0.25) is 0 Å². The molecule has 1 heterocycles. The highest BCUT2D eigenvalue weighted by atomic mass is 19.4. The number of carboxylic acids is 1. The summed E-state index contributed by atoms with van der Waals surface area (Å²) in [6, 6.07) is 3.59. The first-order valence-electron chi connectivity index (χ1n) is 5.27. The van der Waals surface area contributed by atoms with Gasteiger partial charge in [0.1, 0.15) is 5.75 Å². The van der Waals surface area contributed by atoms with Crippen LogP contribution in [-0.2, 0) is 17.5 Å². The number of benzene rings is 1. The van der Waals surface area contributed by atoms with E-state index in [0.29, 0.717) is 0 Å². The smallest absolute Gasteiger partial charge is 0.449 e. The second-order valence-electron chi connectivity index (χ2n) is 3.90. The lowest BCUT2D eigenvalue weighted by molar-refractivity contribution is -0.148. The van der Waals surface area contributed by atoms with Crippen LogP contribution in [0.4, 0.5) is 13.2 Å². The number of aromatic hydroxyl groups is 1. The molecule has 0 fully saturated rings. The van der Waals surface area contributed by atoms with Crippen LogP contribution in [0.5, 0.6) is 5.75 Å². The molecular weight excluding hydrogens is 265 g/mol. The molecule has 8 heteroatoms. The molecule has 0 saturated heterocycles. The van der Waals surface area contributed by atoms with E-state index in [4.69, 9.17) is 5.11 Å². The Balaban J connectivity index is 2.59. The van der Waals surface area contributed by atoms with Crippen molar-refractivity contribution in [3.05, 3.63) is 24.0 Å². The highest BCUT2D eigenvalue weighted by molar-refractivity contribution is 5.78. The summed E-state index contributed by atoms with van der Waals surface area (Å²) in [7, 11) is 0. The van der Waals surface area contributed by atoms with E-state index in [1.165, 1.54) is 12.1 Å². The SMILES string of the molecule is O=C(O)CCn1c(C(F)(F)F)nc2ccc(O)cc21. The summed E-state index contributed by atoms with van der Waals surface area (Å²) >= 11 is 0. The van der Waals surface area contributed by atoms with Crippen molar-refractivity contribution in [2.24, 2.45) is 0 Å². The monoisotopic (exact) mass is 274 g/mol. The van der Waals surface area contributed by atoms with Crippen LogP contribution in [0.25, 0.3) is 11.0 Å². The Labute approximate surface area is 104 Å². The lowest BCUT2D eigenvalue weighted by atomic mass is 10.3. The third-order valence-electron chi connectivity index (χ3n) is 2.53. The molecule has 2 N–H and O–H groups in total. The van der Waals surface area contributed by atoms with Crippen molar-refractivity contribution < 1.29 is 28.2 Å². The van der Waals surface area contributed by atoms with Gasteiger partial charge in [-0.3, -0.25) is 4.79 Å². The molecule has 0 amide bonds. The Morgan fingerprint density at radius 2 is 2.05 bits per heavy atom. The summed E-state index contributed by atoms with van der Waals surface area (Å²) in [6.45, 7) is -0.371. The van der Waals surface area contributed by atoms with E-state index in [-0.39, 0.29) is 23.3 Å². The molecule has 2 aromatic rings. The van der Waals surface area contributed by atoms with Gasteiger partial charge in [0.15, 0.2) is 0 Å². The number of alkyl halides is 3. The van der Waals surface area contributed by atoms with E-state index >= 15 is 0 Å². The van der Waals surface area contributed by atoms with E-state index in [0.717, 1.165) is 10.6 Å². The maximum Gasteiger partial charge on any atom is 0.449 e. The molecule has 2 rings (SSSR count). The fourth-order valence-corrected chi connectivity index (χ4v) is 1.76. The number of aromatic nitrogens is 2. The molecule has 5 nitrogen and oxygen atoms in total. The second kappa shape index (κ2) is 4.45. The van der Waals surface area contributed by atoms with Crippen molar-refractivity contribution in [1.82, 2.24) is 9.55 Å². The number of hydrogen-bond acceptors (Lipinski definition) is 3. The Morgan fingerprint density at radius 1 is 1.37 bits per heavy atom. The molecule has 0 saturated carbocycles. The van der Waals surface area contributed by atoms with Gasteiger partial charge in [0, 0.05) is 12.6 Å². The summed E-state index contributed by atoms with van der Waals surface area (Å²) in [5.41, 5.74) is 0.101. The average molecular weight is 274 g/mol. The van der Waals surface area contributed by atoms with Crippen molar-refractivity contribution in [2.75, 3.05) is 0 Å². The number of imidazole rings is 1. The van der Waals surface area contributed by atoms with Gasteiger partial charge < -0.3 is 14.8 Å². The van der Waals surface area contributed by atoms with Gasteiger partial charge in [0.05, 0.1) is 17.5 Å². The van der Waals surface area contributed by atoms with E-state index in [9.17, 15) is 23.1 Å². The number of aryl methyl sites for hydroxylation is 1. The van der Waals surface area contributed by atoms with Crippen LogP contribution >= 0.6 is 0 Å². The number of halogens is 3. The summed E-state index contributed by atoms with van der Waals surface area (Å²) in [5.74, 6) is -2.60. The average Bonchev–Trinajstić information content (AvgIpc) is 2.64. The molecule has 1 aromatic carbocycles. The maximum atomic E-state index is 12.8. The molecule has 0 bridgehead atoms. The highest BCUT2D eigenvalue weighted by Gasteiger charge is 2.37. The minimum Gasteiger partial charge on any atom is -0.508 e. The quantitative estimate of drug-likeness (QED) is 0.900. The Hall–Kier alpha value is -2.25. The predicted octanol–water partition coefficient (Wildman–Crippen LogP) is 2.24. The number of phenolic OH excluding ortho intramolecular Hbond substituents is 1. The fraction of sp³-hybridized carbons (Fsp3) is 0.273. The van der Waals surface area contributed by atoms with Crippen LogP contribution in [0.1, 0.15) is 12.2 Å². The van der Waals surface area contributed by atoms with Gasteiger partial charge in [0.2, 0.25) is 5.82 Å². The van der Waals surface area contributed by atoms with Crippen molar-refractivity contribution in [3.8, 4) is 5.75 Å². The zero-order valence-corrected chi connectivity index (χ0v) is 9.48. The lowest BCUT2D eigenvalue weighted by Gasteiger charge is -2.10. The first-order valence-corrected chi connectivity index (χ1v) is 5.27. The van der Waals surface area contributed by atoms with Crippen molar-refractivity contribution in [3.63, 3.8) is 0 Å². The number of carbonyl (C=O) groups is 1. The Bertz CT molecular complexity index is 634. The summed E-state index contributed by atoms with van der Waals surface area (Å²) in [4.78, 5) is 13.9. The molecule has 19 heavy (non-hydrogen) atoms. The van der Waals surface area contributed by atoms with Gasteiger partial charge >= 0.3 is 12.1 Å². The number of nitrogens with zero attached hydrogens (tertiary/aromatic N) is 2. The topological polar surface area (TPSA) is 75.3 Å². The van der Waals surface area contributed by atoms with E-state index in [2.05, 4.69) is 4.98 Å². The standard InChI is InChI=1S/C11H9F3N2O3/c12-11(13,14)10-15-7-2-1-6(17)5-8(7)16(10)4-3-9(18)19/h1-2,5,17H,3-4H2,(H,18,19). The van der Waals surface area contributed by atoms with Gasteiger partial charge in [0.25, 0.3) is 0 Å². The molecule has 102 valence electrons. The van der Waals surface area contributed by atoms with Crippen LogP contribution in [0, 0.1) is 0 Å². The largest absolute Gasteiger partial charge is 0.508 e. The molecule has 0 aliphatic heterocycles. The number of fused-ring (bicyclic) bond motifs is 1. The molecule has 0 aliphatic rings. The van der Waals surface area contributed by atoms with Gasteiger partial charge in [-0.2, -0.15) is 13.2 Å². The third-order valence-corrected chi connectivity index (χ3v) is 2.53. The first-order chi connectivity index (χ1) is 8.79. The van der Waals surface area contributed by atoms with Crippen LogP contribution in [0.15, 0.2) is 18.2 Å².